The third-order valence-electron chi connectivity index (χ3n) is 2.68. The van der Waals surface area contributed by atoms with Gasteiger partial charge in [0.05, 0.1) is 11.0 Å². The molecule has 0 saturated carbocycles. The van der Waals surface area contributed by atoms with E-state index in [1.165, 1.54) is 5.56 Å². The summed E-state index contributed by atoms with van der Waals surface area (Å²) in [6.07, 6.45) is 0. The lowest BCUT2D eigenvalue weighted by molar-refractivity contribution is 1.32. The van der Waals surface area contributed by atoms with Gasteiger partial charge in [0, 0.05) is 5.56 Å². The highest BCUT2D eigenvalue weighted by Gasteiger charge is 2.03. The fourth-order valence-corrected chi connectivity index (χ4v) is 1.88. The van der Waals surface area contributed by atoms with Gasteiger partial charge in [0.2, 0.25) is 0 Å². The van der Waals surface area contributed by atoms with E-state index in [2.05, 4.69) is 41.2 Å². The molecule has 1 heterocycles. The van der Waals surface area contributed by atoms with Crippen LogP contribution in [0.1, 0.15) is 5.56 Å². The Bertz CT molecular complexity index is 605. The molecule has 3 aromatic rings. The molecule has 3 rings (SSSR count). The van der Waals surface area contributed by atoms with Crippen LogP contribution < -0.4 is 0 Å². The van der Waals surface area contributed by atoms with Crippen LogP contribution in [0.2, 0.25) is 0 Å². The van der Waals surface area contributed by atoms with E-state index in [1.807, 2.05) is 24.3 Å². The summed E-state index contributed by atoms with van der Waals surface area (Å²) in [5.74, 6) is 0.935. The fraction of sp³-hybridized carbons (Fsp3) is 0.0714. The van der Waals surface area contributed by atoms with Crippen molar-refractivity contribution in [1.29, 1.82) is 0 Å². The number of rotatable bonds is 1. The van der Waals surface area contributed by atoms with E-state index in [9.17, 15) is 0 Å². The topological polar surface area (TPSA) is 28.7 Å². The lowest BCUT2D eigenvalue weighted by Crippen LogP contribution is -1.80. The van der Waals surface area contributed by atoms with E-state index < -0.39 is 0 Å². The van der Waals surface area contributed by atoms with Crippen LogP contribution in [0.3, 0.4) is 0 Å². The molecule has 2 aromatic carbocycles. The molecule has 0 atom stereocenters. The molecule has 0 spiro atoms. The van der Waals surface area contributed by atoms with Crippen LogP contribution in [0.5, 0.6) is 0 Å². The van der Waals surface area contributed by atoms with E-state index >= 15 is 0 Å². The highest BCUT2D eigenvalue weighted by atomic mass is 14.9. The van der Waals surface area contributed by atoms with E-state index in [-0.39, 0.29) is 0 Å². The summed E-state index contributed by atoms with van der Waals surface area (Å²) in [5.41, 5.74) is 4.48. The van der Waals surface area contributed by atoms with Crippen LogP contribution in [-0.2, 0) is 0 Å². The van der Waals surface area contributed by atoms with Crippen molar-refractivity contribution in [3.63, 3.8) is 0 Å². The molecular weight excluding hydrogens is 196 g/mol. The fourth-order valence-electron chi connectivity index (χ4n) is 1.88. The molecule has 0 saturated heterocycles. The van der Waals surface area contributed by atoms with Crippen LogP contribution in [0.4, 0.5) is 0 Å². The summed E-state index contributed by atoms with van der Waals surface area (Å²) >= 11 is 0. The van der Waals surface area contributed by atoms with Gasteiger partial charge in [-0.05, 0) is 25.1 Å². The maximum absolute atomic E-state index is 4.57. The first-order valence-corrected chi connectivity index (χ1v) is 5.35. The summed E-state index contributed by atoms with van der Waals surface area (Å²) in [7, 11) is 0. The van der Waals surface area contributed by atoms with Crippen LogP contribution in [0.25, 0.3) is 22.4 Å². The van der Waals surface area contributed by atoms with Gasteiger partial charge in [0.15, 0.2) is 0 Å². The lowest BCUT2D eigenvalue weighted by atomic mass is 10.1. The van der Waals surface area contributed by atoms with Crippen molar-refractivity contribution >= 4 is 11.0 Å². The van der Waals surface area contributed by atoms with Gasteiger partial charge in [-0.15, -0.1) is 0 Å². The second kappa shape index (κ2) is 3.49. The molecule has 0 aliphatic heterocycles. The summed E-state index contributed by atoms with van der Waals surface area (Å²) < 4.78 is 0. The van der Waals surface area contributed by atoms with Crippen LogP contribution in [-0.4, -0.2) is 9.97 Å². The van der Waals surface area contributed by atoms with E-state index in [4.69, 9.17) is 0 Å². The number of hydrogen-bond donors (Lipinski definition) is 1. The number of nitrogens with zero attached hydrogens (tertiary/aromatic N) is 1. The molecule has 0 radical (unpaired) electrons. The maximum atomic E-state index is 4.57. The molecule has 1 N–H and O–H groups in total. The number of aromatic nitrogens is 2. The Balaban J connectivity index is 2.19. The first-order valence-electron chi connectivity index (χ1n) is 5.35. The summed E-state index contributed by atoms with van der Waals surface area (Å²) in [4.78, 5) is 7.90. The number of aromatic amines is 1. The number of hydrogen-bond acceptors (Lipinski definition) is 1. The normalized spacial score (nSPS) is 10.8. The number of H-pyrrole nitrogens is 1. The molecule has 0 aliphatic rings. The van der Waals surface area contributed by atoms with Crippen LogP contribution in [0.15, 0.2) is 48.5 Å². The molecule has 0 amide bonds. The minimum atomic E-state index is 0.935. The molecule has 0 fully saturated rings. The molecule has 16 heavy (non-hydrogen) atoms. The number of fused-ring (bicyclic) bond motifs is 1. The van der Waals surface area contributed by atoms with Gasteiger partial charge in [-0.1, -0.05) is 35.9 Å². The van der Waals surface area contributed by atoms with Crippen molar-refractivity contribution in [3.05, 3.63) is 54.1 Å². The zero-order valence-electron chi connectivity index (χ0n) is 9.07. The minimum Gasteiger partial charge on any atom is -0.338 e. The van der Waals surface area contributed by atoms with Gasteiger partial charge in [0.25, 0.3) is 0 Å². The van der Waals surface area contributed by atoms with Crippen molar-refractivity contribution in [1.82, 2.24) is 9.97 Å². The highest BCUT2D eigenvalue weighted by molar-refractivity contribution is 5.79. The minimum absolute atomic E-state index is 0.935. The molecule has 1 aromatic heterocycles. The number of para-hydroxylation sites is 2. The van der Waals surface area contributed by atoms with Crippen molar-refractivity contribution in [2.75, 3.05) is 0 Å². The Kier molecular flexibility index (Phi) is 2.00. The first kappa shape index (κ1) is 9.16. The van der Waals surface area contributed by atoms with Gasteiger partial charge < -0.3 is 4.98 Å². The Morgan fingerprint density at radius 2 is 1.88 bits per heavy atom. The van der Waals surface area contributed by atoms with E-state index in [1.54, 1.807) is 0 Å². The van der Waals surface area contributed by atoms with Crippen LogP contribution in [0, 0.1) is 6.92 Å². The molecule has 2 heteroatoms. The Labute approximate surface area is 94.0 Å². The summed E-state index contributed by atoms with van der Waals surface area (Å²) in [6, 6.07) is 16.4. The second-order valence-corrected chi connectivity index (χ2v) is 3.97. The Morgan fingerprint density at radius 1 is 1.00 bits per heavy atom. The molecular formula is C14H12N2. The first-order chi connectivity index (χ1) is 7.83. The van der Waals surface area contributed by atoms with Crippen molar-refractivity contribution < 1.29 is 0 Å². The molecule has 0 bridgehead atoms. The lowest BCUT2D eigenvalue weighted by Gasteiger charge is -1.97. The zero-order chi connectivity index (χ0) is 11.0. The van der Waals surface area contributed by atoms with Crippen molar-refractivity contribution in [3.8, 4) is 11.4 Å². The van der Waals surface area contributed by atoms with Crippen LogP contribution >= 0.6 is 0 Å². The molecule has 78 valence electrons. The summed E-state index contributed by atoms with van der Waals surface area (Å²) in [6.45, 7) is 2.09. The van der Waals surface area contributed by atoms with Gasteiger partial charge >= 0.3 is 0 Å². The average molecular weight is 208 g/mol. The number of aryl methyl sites for hydroxylation is 1. The van der Waals surface area contributed by atoms with E-state index in [0.29, 0.717) is 0 Å². The quantitative estimate of drug-likeness (QED) is 0.651. The van der Waals surface area contributed by atoms with Gasteiger partial charge in [-0.3, -0.25) is 0 Å². The maximum Gasteiger partial charge on any atom is 0.138 e. The largest absolute Gasteiger partial charge is 0.338 e. The average Bonchev–Trinajstić information content (AvgIpc) is 2.72. The third kappa shape index (κ3) is 1.48. The smallest absolute Gasteiger partial charge is 0.138 e. The van der Waals surface area contributed by atoms with Crippen molar-refractivity contribution in [2.24, 2.45) is 0 Å². The van der Waals surface area contributed by atoms with Gasteiger partial charge in [-0.25, -0.2) is 4.98 Å². The van der Waals surface area contributed by atoms with E-state index in [0.717, 1.165) is 22.4 Å². The predicted molar refractivity (Wildman–Crippen MR) is 66.3 cm³/mol. The SMILES string of the molecule is Cc1cccc(-c2nc3ccccc3[nH]2)c1. The Hall–Kier alpha value is -2.09. The summed E-state index contributed by atoms with van der Waals surface area (Å²) in [5, 5.41) is 0. The molecule has 0 unspecified atom stereocenters. The molecule has 0 aliphatic carbocycles. The highest BCUT2D eigenvalue weighted by Crippen LogP contribution is 2.20. The Morgan fingerprint density at radius 3 is 2.69 bits per heavy atom. The number of benzene rings is 2. The van der Waals surface area contributed by atoms with Gasteiger partial charge in [-0.2, -0.15) is 0 Å². The monoisotopic (exact) mass is 208 g/mol. The number of nitrogens with one attached hydrogen (secondary N) is 1. The van der Waals surface area contributed by atoms with Crippen molar-refractivity contribution in [2.45, 2.75) is 6.92 Å². The second-order valence-electron chi connectivity index (χ2n) is 3.97. The number of imidazole rings is 1. The zero-order valence-corrected chi connectivity index (χ0v) is 9.07. The van der Waals surface area contributed by atoms with Gasteiger partial charge in [0.1, 0.15) is 5.82 Å². The molecule has 2 nitrogen and oxygen atoms in total. The standard InChI is InChI=1S/C14H12N2/c1-10-5-4-6-11(9-10)14-15-12-7-2-3-8-13(12)16-14/h2-9H,1H3,(H,15,16). The third-order valence-corrected chi connectivity index (χ3v) is 2.68. The predicted octanol–water partition coefficient (Wildman–Crippen LogP) is 3.54.